The molecule has 0 aliphatic carbocycles. The summed E-state index contributed by atoms with van der Waals surface area (Å²) >= 11 is 29.5. The molecular weight excluding hydrogens is 401 g/mol. The van der Waals surface area contributed by atoms with E-state index in [1.54, 1.807) is 30.3 Å². The van der Waals surface area contributed by atoms with Crippen LogP contribution in [0.4, 0.5) is 0 Å². The lowest BCUT2D eigenvalue weighted by Gasteiger charge is -2.11. The SMILES string of the molecule is O=C(C=Cc1c(Cl)c(Cl)c(Cl)c(Cl)c1C(=O)Cl)c1ccccc1. The Morgan fingerprint density at radius 1 is 0.826 bits per heavy atom. The van der Waals surface area contributed by atoms with Gasteiger partial charge in [-0.3, -0.25) is 9.59 Å². The first-order valence-corrected chi connectivity index (χ1v) is 8.06. The summed E-state index contributed by atoms with van der Waals surface area (Å²) < 4.78 is 0. The van der Waals surface area contributed by atoms with Crippen LogP contribution in [0.2, 0.25) is 20.1 Å². The molecule has 2 rings (SSSR count). The largest absolute Gasteiger partial charge is 0.289 e. The van der Waals surface area contributed by atoms with Crippen LogP contribution in [0.1, 0.15) is 26.3 Å². The van der Waals surface area contributed by atoms with Gasteiger partial charge in [-0.25, -0.2) is 0 Å². The van der Waals surface area contributed by atoms with Crippen molar-refractivity contribution in [2.75, 3.05) is 0 Å². The average molecular weight is 408 g/mol. The van der Waals surface area contributed by atoms with E-state index < -0.39 is 5.24 Å². The molecule has 2 aromatic rings. The summed E-state index contributed by atoms with van der Waals surface area (Å²) in [5.41, 5.74) is 0.505. The van der Waals surface area contributed by atoms with Crippen LogP contribution in [0.5, 0.6) is 0 Å². The molecule has 2 aromatic carbocycles. The molecule has 0 aliphatic heterocycles. The molecular formula is C16H7Cl5O2. The van der Waals surface area contributed by atoms with E-state index in [1.165, 1.54) is 12.2 Å². The Morgan fingerprint density at radius 3 is 1.96 bits per heavy atom. The summed E-state index contributed by atoms with van der Waals surface area (Å²) in [6.07, 6.45) is 2.59. The van der Waals surface area contributed by atoms with E-state index >= 15 is 0 Å². The highest BCUT2D eigenvalue weighted by molar-refractivity contribution is 6.70. The summed E-state index contributed by atoms with van der Waals surface area (Å²) in [5.74, 6) is -0.281. The van der Waals surface area contributed by atoms with Gasteiger partial charge in [0.2, 0.25) is 0 Å². The van der Waals surface area contributed by atoms with Crippen LogP contribution in [0.25, 0.3) is 6.08 Å². The molecule has 2 nitrogen and oxygen atoms in total. The fourth-order valence-corrected chi connectivity index (χ4v) is 3.12. The van der Waals surface area contributed by atoms with Gasteiger partial charge >= 0.3 is 0 Å². The molecule has 0 unspecified atom stereocenters. The van der Waals surface area contributed by atoms with Crippen LogP contribution in [-0.4, -0.2) is 11.0 Å². The zero-order valence-corrected chi connectivity index (χ0v) is 15.0. The molecule has 0 spiro atoms. The topological polar surface area (TPSA) is 34.1 Å². The van der Waals surface area contributed by atoms with Crippen molar-refractivity contribution < 1.29 is 9.59 Å². The third-order valence-electron chi connectivity index (χ3n) is 2.96. The second-order valence-corrected chi connectivity index (χ2v) is 6.24. The molecule has 118 valence electrons. The van der Waals surface area contributed by atoms with Gasteiger partial charge in [0.25, 0.3) is 5.24 Å². The average Bonchev–Trinajstić information content (AvgIpc) is 2.55. The van der Waals surface area contributed by atoms with E-state index in [1.807, 2.05) is 0 Å². The van der Waals surface area contributed by atoms with Gasteiger partial charge in [-0.15, -0.1) is 0 Å². The maximum atomic E-state index is 12.1. The summed E-state index contributed by atoms with van der Waals surface area (Å²) in [6.45, 7) is 0. The molecule has 0 saturated carbocycles. The van der Waals surface area contributed by atoms with Gasteiger partial charge in [0.05, 0.1) is 25.7 Å². The Bertz CT molecular complexity index is 813. The lowest BCUT2D eigenvalue weighted by atomic mass is 10.1. The summed E-state index contributed by atoms with van der Waals surface area (Å²) in [4.78, 5) is 23.7. The van der Waals surface area contributed by atoms with Crippen molar-refractivity contribution >= 4 is 75.1 Å². The number of carbonyl (C=O) groups is 2. The van der Waals surface area contributed by atoms with Gasteiger partial charge in [-0.1, -0.05) is 76.7 Å². The lowest BCUT2D eigenvalue weighted by molar-refractivity contribution is 0.104. The summed E-state index contributed by atoms with van der Waals surface area (Å²) in [6, 6.07) is 8.57. The van der Waals surface area contributed by atoms with Gasteiger partial charge < -0.3 is 0 Å². The summed E-state index contributed by atoms with van der Waals surface area (Å²) in [5, 5.41) is -1.09. The molecule has 0 bridgehead atoms. The number of benzene rings is 2. The molecule has 23 heavy (non-hydrogen) atoms. The van der Waals surface area contributed by atoms with E-state index in [0.717, 1.165) is 0 Å². The molecule has 7 heteroatoms. The minimum atomic E-state index is -0.859. The van der Waals surface area contributed by atoms with Crippen LogP contribution >= 0.6 is 58.0 Å². The number of halogens is 5. The van der Waals surface area contributed by atoms with Crippen molar-refractivity contribution in [2.24, 2.45) is 0 Å². The fourth-order valence-electron chi connectivity index (χ4n) is 1.85. The number of allylic oxidation sites excluding steroid dienone is 1. The lowest BCUT2D eigenvalue weighted by Crippen LogP contribution is -1.99. The second-order valence-electron chi connectivity index (χ2n) is 4.38. The minimum absolute atomic E-state index is 0.0119. The smallest absolute Gasteiger partial charge is 0.254 e. The molecule has 0 saturated heterocycles. The first kappa shape index (κ1) is 18.3. The van der Waals surface area contributed by atoms with Crippen LogP contribution in [0.15, 0.2) is 36.4 Å². The third kappa shape index (κ3) is 3.90. The van der Waals surface area contributed by atoms with Crippen LogP contribution in [0.3, 0.4) is 0 Å². The van der Waals surface area contributed by atoms with Crippen molar-refractivity contribution in [2.45, 2.75) is 0 Å². The fraction of sp³-hybridized carbons (Fsp3) is 0. The van der Waals surface area contributed by atoms with Crippen molar-refractivity contribution in [1.82, 2.24) is 0 Å². The molecule has 0 radical (unpaired) electrons. The van der Waals surface area contributed by atoms with Gasteiger partial charge in [-0.05, 0) is 23.8 Å². The predicted molar refractivity (Wildman–Crippen MR) is 96.5 cm³/mol. The Balaban J connectivity index is 2.53. The maximum Gasteiger partial charge on any atom is 0.254 e. The minimum Gasteiger partial charge on any atom is -0.289 e. The van der Waals surface area contributed by atoms with E-state index in [-0.39, 0.29) is 37.0 Å². The molecule has 0 N–H and O–H groups in total. The molecule has 0 amide bonds. The van der Waals surface area contributed by atoms with Crippen LogP contribution in [0, 0.1) is 0 Å². The quantitative estimate of drug-likeness (QED) is 0.188. The van der Waals surface area contributed by atoms with Gasteiger partial charge in [0.15, 0.2) is 5.78 Å². The molecule has 0 fully saturated rings. The monoisotopic (exact) mass is 406 g/mol. The van der Waals surface area contributed by atoms with Crippen molar-refractivity contribution in [3.05, 3.63) is 73.2 Å². The van der Waals surface area contributed by atoms with Crippen molar-refractivity contribution in [1.29, 1.82) is 0 Å². The number of carbonyl (C=O) groups excluding carboxylic acids is 2. The number of ketones is 1. The standard InChI is InChI=1S/C16H7Cl5O2/c17-12-9(6-7-10(22)8-4-2-1-3-5-8)11(16(21)23)13(18)15(20)14(12)19/h1-7H. The Hall–Kier alpha value is -1.03. The van der Waals surface area contributed by atoms with E-state index in [9.17, 15) is 9.59 Å². The van der Waals surface area contributed by atoms with E-state index in [2.05, 4.69) is 0 Å². The van der Waals surface area contributed by atoms with Crippen LogP contribution < -0.4 is 0 Å². The highest BCUT2D eigenvalue weighted by Gasteiger charge is 2.22. The highest BCUT2D eigenvalue weighted by atomic mass is 35.5. The zero-order chi connectivity index (χ0) is 17.1. The van der Waals surface area contributed by atoms with Gasteiger partial charge in [-0.2, -0.15) is 0 Å². The third-order valence-corrected chi connectivity index (χ3v) is 4.97. The van der Waals surface area contributed by atoms with Crippen molar-refractivity contribution in [3.63, 3.8) is 0 Å². The van der Waals surface area contributed by atoms with E-state index in [4.69, 9.17) is 58.0 Å². The first-order valence-electron chi connectivity index (χ1n) is 6.17. The summed E-state index contributed by atoms with van der Waals surface area (Å²) in [7, 11) is 0. The van der Waals surface area contributed by atoms with Gasteiger partial charge in [0.1, 0.15) is 0 Å². The zero-order valence-electron chi connectivity index (χ0n) is 11.2. The highest BCUT2D eigenvalue weighted by Crippen LogP contribution is 2.42. The number of rotatable bonds is 4. The molecule has 0 heterocycles. The van der Waals surface area contributed by atoms with Crippen molar-refractivity contribution in [3.8, 4) is 0 Å². The molecule has 0 atom stereocenters. The number of hydrogen-bond donors (Lipinski definition) is 0. The Morgan fingerprint density at radius 2 is 1.39 bits per heavy atom. The number of hydrogen-bond acceptors (Lipinski definition) is 2. The normalized spacial score (nSPS) is 11.0. The Kier molecular flexibility index (Phi) is 6.12. The molecule has 0 aromatic heterocycles. The van der Waals surface area contributed by atoms with Crippen LogP contribution in [-0.2, 0) is 0 Å². The maximum absolute atomic E-state index is 12.1. The predicted octanol–water partition coefficient (Wildman–Crippen LogP) is 6.58. The van der Waals surface area contributed by atoms with E-state index in [0.29, 0.717) is 5.56 Å². The first-order chi connectivity index (χ1) is 10.8. The molecule has 0 aliphatic rings. The van der Waals surface area contributed by atoms with Gasteiger partial charge in [0, 0.05) is 11.1 Å². The second kappa shape index (κ2) is 7.69. The Labute approximate surface area is 157 Å².